The SMILES string of the molecule is CC[C@@H](Nc1nc2c(c(N[C@@H](CN3C4CCCC3CCC4)c3cnn(CC)c3)n1)C[C@@H](c1cccc(F)c1)CC2)C1CCC(C(=O)O)CC1. The molecule has 2 aliphatic carbocycles. The molecule has 3 aromatic rings. The van der Waals surface area contributed by atoms with Crippen LogP contribution in [0.15, 0.2) is 36.7 Å². The van der Waals surface area contributed by atoms with Crippen molar-refractivity contribution < 1.29 is 14.3 Å². The summed E-state index contributed by atoms with van der Waals surface area (Å²) in [5.41, 5.74) is 4.40. The van der Waals surface area contributed by atoms with Gasteiger partial charge in [0.05, 0.1) is 23.9 Å². The molecule has 4 heterocycles. The fourth-order valence-corrected chi connectivity index (χ4v) is 9.40. The van der Waals surface area contributed by atoms with Crippen molar-refractivity contribution in [2.45, 2.75) is 140 Å². The Morgan fingerprint density at radius 3 is 2.41 bits per heavy atom. The fraction of sp³-hybridized carbons (Fsp3) is 0.641. The molecule has 0 unspecified atom stereocenters. The number of nitrogens with one attached hydrogen (secondary N) is 2. The van der Waals surface area contributed by atoms with Crippen molar-refractivity contribution in [2.75, 3.05) is 17.2 Å². The van der Waals surface area contributed by atoms with Crippen molar-refractivity contribution >= 4 is 17.7 Å². The molecular formula is C39H54FN7O2. The van der Waals surface area contributed by atoms with E-state index >= 15 is 0 Å². The van der Waals surface area contributed by atoms with Crippen LogP contribution in [0.3, 0.4) is 0 Å². The van der Waals surface area contributed by atoms with Gasteiger partial charge in [0.1, 0.15) is 11.6 Å². The van der Waals surface area contributed by atoms with Gasteiger partial charge in [-0.05, 0) is 114 Å². The molecule has 3 fully saturated rings. The molecule has 3 N–H and O–H groups in total. The maximum Gasteiger partial charge on any atom is 0.306 e. The van der Waals surface area contributed by atoms with Gasteiger partial charge < -0.3 is 15.7 Å². The van der Waals surface area contributed by atoms with Crippen molar-refractivity contribution in [1.29, 1.82) is 0 Å². The van der Waals surface area contributed by atoms with E-state index in [0.717, 1.165) is 87.1 Å². The molecule has 9 nitrogen and oxygen atoms in total. The van der Waals surface area contributed by atoms with Crippen LogP contribution in [-0.4, -0.2) is 60.4 Å². The predicted molar refractivity (Wildman–Crippen MR) is 190 cm³/mol. The number of halogens is 1. The van der Waals surface area contributed by atoms with Gasteiger partial charge in [-0.25, -0.2) is 9.37 Å². The van der Waals surface area contributed by atoms with E-state index < -0.39 is 5.97 Å². The highest BCUT2D eigenvalue weighted by Gasteiger charge is 2.37. The molecule has 10 heteroatoms. The van der Waals surface area contributed by atoms with Gasteiger partial charge in [-0.2, -0.15) is 10.1 Å². The third-order valence-electron chi connectivity index (χ3n) is 12.2. The highest BCUT2D eigenvalue weighted by Crippen LogP contribution is 2.40. The Morgan fingerprint density at radius 2 is 1.76 bits per heavy atom. The second-order valence-corrected chi connectivity index (χ2v) is 15.1. The van der Waals surface area contributed by atoms with E-state index in [9.17, 15) is 14.3 Å². The third-order valence-corrected chi connectivity index (χ3v) is 12.2. The van der Waals surface area contributed by atoms with E-state index in [1.807, 2.05) is 23.0 Å². The zero-order valence-corrected chi connectivity index (χ0v) is 29.3. The molecule has 7 rings (SSSR count). The van der Waals surface area contributed by atoms with E-state index in [1.165, 1.54) is 50.2 Å². The number of hydrogen-bond donors (Lipinski definition) is 3. The lowest BCUT2D eigenvalue weighted by atomic mass is 9.78. The van der Waals surface area contributed by atoms with Gasteiger partial charge in [0, 0.05) is 48.5 Å². The van der Waals surface area contributed by atoms with Gasteiger partial charge >= 0.3 is 5.97 Å². The standard InChI is InChI=1S/C39H54FN7O2/c1-3-34(25-14-16-26(17-15-25)38(48)49)43-39-44-35-19-18-28(27-8-5-9-30(40)20-27)21-33(35)37(45-39)42-36(29-22-41-46(4-2)23-29)24-47-31-10-6-11-32(47)13-7-12-31/h5,8-9,20,22-23,25-26,28,31-32,34,36H,3-4,6-7,10-19,21,24H2,1-2H3,(H,48,49)(H2,42,43,44,45)/t25?,26?,28-,31?,32?,34+,36-/m0/s1. The lowest BCUT2D eigenvalue weighted by Gasteiger charge is -2.47. The summed E-state index contributed by atoms with van der Waals surface area (Å²) in [4.78, 5) is 24.8. The molecule has 2 aromatic heterocycles. The number of benzene rings is 1. The van der Waals surface area contributed by atoms with Crippen LogP contribution in [0.1, 0.15) is 125 Å². The molecule has 3 atom stereocenters. The van der Waals surface area contributed by atoms with E-state index in [-0.39, 0.29) is 29.7 Å². The maximum absolute atomic E-state index is 14.3. The minimum Gasteiger partial charge on any atom is -0.481 e. The highest BCUT2D eigenvalue weighted by atomic mass is 19.1. The Hall–Kier alpha value is -3.53. The Morgan fingerprint density at radius 1 is 1.00 bits per heavy atom. The van der Waals surface area contributed by atoms with Crippen molar-refractivity contribution in [2.24, 2.45) is 11.8 Å². The first kappa shape index (κ1) is 33.9. The van der Waals surface area contributed by atoms with Crippen LogP contribution in [0.4, 0.5) is 16.2 Å². The summed E-state index contributed by atoms with van der Waals surface area (Å²) >= 11 is 0. The lowest BCUT2D eigenvalue weighted by Crippen LogP contribution is -2.51. The van der Waals surface area contributed by atoms with Gasteiger partial charge in [0.2, 0.25) is 5.95 Å². The van der Waals surface area contributed by atoms with Gasteiger partial charge in [-0.15, -0.1) is 0 Å². The number of rotatable bonds is 12. The summed E-state index contributed by atoms with van der Waals surface area (Å²) in [5.74, 6) is 1.01. The molecule has 49 heavy (non-hydrogen) atoms. The molecule has 0 radical (unpaired) electrons. The number of piperidine rings is 2. The summed E-state index contributed by atoms with van der Waals surface area (Å²) in [6.45, 7) is 6.04. The largest absolute Gasteiger partial charge is 0.481 e. The summed E-state index contributed by atoms with van der Waals surface area (Å²) in [7, 11) is 0. The normalized spacial score (nSPS) is 26.8. The fourth-order valence-electron chi connectivity index (χ4n) is 9.40. The second-order valence-electron chi connectivity index (χ2n) is 15.1. The van der Waals surface area contributed by atoms with Crippen molar-refractivity contribution in [3.8, 4) is 0 Å². The number of aliphatic carboxylic acids is 1. The maximum atomic E-state index is 14.3. The highest BCUT2D eigenvalue weighted by molar-refractivity contribution is 5.70. The zero-order chi connectivity index (χ0) is 33.9. The van der Waals surface area contributed by atoms with Crippen LogP contribution in [0, 0.1) is 17.7 Å². The summed E-state index contributed by atoms with van der Waals surface area (Å²) in [6, 6.07) is 8.51. The molecule has 264 valence electrons. The first-order chi connectivity index (χ1) is 23.9. The number of carboxylic acids is 1. The monoisotopic (exact) mass is 671 g/mol. The van der Waals surface area contributed by atoms with Gasteiger partial charge in [0.15, 0.2) is 0 Å². The molecule has 1 aromatic carbocycles. The number of carbonyl (C=O) groups is 1. The number of fused-ring (bicyclic) bond motifs is 3. The molecular weight excluding hydrogens is 617 g/mol. The number of hydrogen-bond acceptors (Lipinski definition) is 7. The number of aryl methyl sites for hydroxylation is 2. The van der Waals surface area contributed by atoms with Crippen LogP contribution >= 0.6 is 0 Å². The molecule has 0 spiro atoms. The number of aromatic nitrogens is 4. The quantitative estimate of drug-likeness (QED) is 0.180. The minimum absolute atomic E-state index is 0.0103. The molecule has 2 saturated heterocycles. The topological polar surface area (TPSA) is 108 Å². The first-order valence-corrected chi connectivity index (χ1v) is 19.1. The Bertz CT molecular complexity index is 1570. The summed E-state index contributed by atoms with van der Waals surface area (Å²) in [5, 5.41) is 22.0. The zero-order valence-electron chi connectivity index (χ0n) is 29.3. The molecule has 2 aliphatic heterocycles. The average Bonchev–Trinajstić information content (AvgIpc) is 3.60. The van der Waals surface area contributed by atoms with E-state index in [0.29, 0.717) is 23.9 Å². The van der Waals surface area contributed by atoms with E-state index in [4.69, 9.17) is 9.97 Å². The Kier molecular flexibility index (Phi) is 10.5. The number of carboxylic acid groups (broad SMARTS) is 1. The van der Waals surface area contributed by atoms with Crippen LogP contribution < -0.4 is 10.6 Å². The summed E-state index contributed by atoms with van der Waals surface area (Å²) in [6.07, 6.45) is 18.6. The van der Waals surface area contributed by atoms with Crippen molar-refractivity contribution in [1.82, 2.24) is 24.6 Å². The molecule has 2 bridgehead atoms. The van der Waals surface area contributed by atoms with Gasteiger partial charge in [0.25, 0.3) is 0 Å². The van der Waals surface area contributed by atoms with Crippen LogP contribution in [0.25, 0.3) is 0 Å². The second kappa shape index (κ2) is 15.2. The Labute approximate surface area is 290 Å². The van der Waals surface area contributed by atoms with Gasteiger partial charge in [-0.3, -0.25) is 14.4 Å². The summed E-state index contributed by atoms with van der Waals surface area (Å²) < 4.78 is 16.4. The smallest absolute Gasteiger partial charge is 0.306 e. The van der Waals surface area contributed by atoms with Crippen molar-refractivity contribution in [3.05, 3.63) is 64.9 Å². The van der Waals surface area contributed by atoms with E-state index in [2.05, 4.69) is 40.7 Å². The molecule has 0 amide bonds. The van der Waals surface area contributed by atoms with Crippen LogP contribution in [-0.2, 0) is 24.2 Å². The van der Waals surface area contributed by atoms with E-state index in [1.54, 1.807) is 6.07 Å². The molecule has 4 aliphatic rings. The third kappa shape index (κ3) is 7.64. The minimum atomic E-state index is -0.669. The number of nitrogens with zero attached hydrogens (tertiary/aromatic N) is 5. The van der Waals surface area contributed by atoms with Crippen LogP contribution in [0.5, 0.6) is 0 Å². The molecule has 1 saturated carbocycles. The number of anilines is 2. The first-order valence-electron chi connectivity index (χ1n) is 19.1. The van der Waals surface area contributed by atoms with Crippen LogP contribution in [0.2, 0.25) is 0 Å². The average molecular weight is 672 g/mol. The predicted octanol–water partition coefficient (Wildman–Crippen LogP) is 7.75. The van der Waals surface area contributed by atoms with Gasteiger partial charge in [-0.1, -0.05) is 31.9 Å². The Balaban J connectivity index is 1.21. The lowest BCUT2D eigenvalue weighted by molar-refractivity contribution is -0.143. The van der Waals surface area contributed by atoms with Crippen molar-refractivity contribution in [3.63, 3.8) is 0 Å².